The molecule has 0 aliphatic rings. The van der Waals surface area contributed by atoms with E-state index in [-0.39, 0.29) is 12.3 Å². The van der Waals surface area contributed by atoms with E-state index in [1.54, 1.807) is 32.4 Å². The van der Waals surface area contributed by atoms with Crippen LogP contribution in [-0.2, 0) is 11.2 Å². The van der Waals surface area contributed by atoms with E-state index in [1.165, 1.54) is 11.3 Å². The quantitative estimate of drug-likeness (QED) is 0.920. The summed E-state index contributed by atoms with van der Waals surface area (Å²) in [6.07, 6.45) is 0.207. The van der Waals surface area contributed by atoms with Gasteiger partial charge in [-0.1, -0.05) is 0 Å². The number of aromatic nitrogens is 1. The number of ether oxygens (including phenoxy) is 2. The van der Waals surface area contributed by atoms with Gasteiger partial charge in [0, 0.05) is 10.9 Å². The number of anilines is 1. The minimum atomic E-state index is -0.133. The third-order valence-electron chi connectivity index (χ3n) is 2.70. The predicted molar refractivity (Wildman–Crippen MR) is 78.7 cm³/mol. The fourth-order valence-electron chi connectivity index (χ4n) is 1.77. The Labute approximate surface area is 121 Å². The summed E-state index contributed by atoms with van der Waals surface area (Å²) in [6.45, 7) is 1.89. The van der Waals surface area contributed by atoms with Crippen LogP contribution in [0.15, 0.2) is 23.6 Å². The summed E-state index contributed by atoms with van der Waals surface area (Å²) in [5, 5.41) is 5.27. The summed E-state index contributed by atoms with van der Waals surface area (Å²) in [7, 11) is 3.16. The number of carbonyl (C=O) groups is 1. The number of benzene rings is 1. The minimum absolute atomic E-state index is 0.133. The highest BCUT2D eigenvalue weighted by molar-refractivity contribution is 7.13. The highest BCUT2D eigenvalue weighted by atomic mass is 32.1. The van der Waals surface area contributed by atoms with Crippen molar-refractivity contribution in [1.29, 1.82) is 0 Å². The fourth-order valence-corrected chi connectivity index (χ4v) is 2.47. The average Bonchev–Trinajstić information content (AvgIpc) is 2.83. The normalized spacial score (nSPS) is 10.2. The zero-order chi connectivity index (χ0) is 14.5. The van der Waals surface area contributed by atoms with E-state index in [1.807, 2.05) is 12.3 Å². The number of aryl methyl sites for hydroxylation is 1. The Hall–Kier alpha value is -2.08. The molecule has 0 unspecified atom stereocenters. The molecule has 5 nitrogen and oxygen atoms in total. The number of thiazole rings is 1. The highest BCUT2D eigenvalue weighted by Gasteiger charge is 2.11. The Morgan fingerprint density at radius 2 is 2.15 bits per heavy atom. The van der Waals surface area contributed by atoms with Crippen LogP contribution in [0, 0.1) is 6.92 Å². The first-order valence-electron chi connectivity index (χ1n) is 6.05. The van der Waals surface area contributed by atoms with Crippen LogP contribution in [-0.4, -0.2) is 25.1 Å². The van der Waals surface area contributed by atoms with E-state index in [0.717, 1.165) is 11.3 Å². The van der Waals surface area contributed by atoms with E-state index in [4.69, 9.17) is 9.47 Å². The zero-order valence-corrected chi connectivity index (χ0v) is 12.4. The summed E-state index contributed by atoms with van der Waals surface area (Å²) < 4.78 is 10.4. The largest absolute Gasteiger partial charge is 0.497 e. The third kappa shape index (κ3) is 3.48. The van der Waals surface area contributed by atoms with Crippen molar-refractivity contribution in [2.75, 3.05) is 19.5 Å². The number of hydrogen-bond acceptors (Lipinski definition) is 5. The standard InChI is InChI=1S/C14H16N2O3S/c1-9-8-20-14(15-9)16-13(17)7-10-6-11(18-2)4-5-12(10)19-3/h4-6,8H,7H2,1-3H3,(H,15,16,17). The molecular formula is C14H16N2O3S. The van der Waals surface area contributed by atoms with Gasteiger partial charge < -0.3 is 14.8 Å². The number of nitrogens with one attached hydrogen (secondary N) is 1. The van der Waals surface area contributed by atoms with Crippen molar-refractivity contribution in [3.63, 3.8) is 0 Å². The summed E-state index contributed by atoms with van der Waals surface area (Å²) in [5.41, 5.74) is 1.67. The second-order valence-electron chi connectivity index (χ2n) is 4.20. The molecule has 0 radical (unpaired) electrons. The van der Waals surface area contributed by atoms with Crippen LogP contribution in [0.1, 0.15) is 11.3 Å². The van der Waals surface area contributed by atoms with Gasteiger partial charge in [0.2, 0.25) is 5.91 Å². The lowest BCUT2D eigenvalue weighted by Crippen LogP contribution is -2.14. The molecule has 1 aromatic heterocycles. The third-order valence-corrected chi connectivity index (χ3v) is 3.58. The predicted octanol–water partition coefficient (Wildman–Crippen LogP) is 2.65. The van der Waals surface area contributed by atoms with Gasteiger partial charge in [-0.05, 0) is 25.1 Å². The first kappa shape index (κ1) is 14.3. The van der Waals surface area contributed by atoms with Crippen molar-refractivity contribution in [3.05, 3.63) is 34.8 Å². The summed E-state index contributed by atoms with van der Waals surface area (Å²) in [4.78, 5) is 16.2. The molecule has 1 heterocycles. The smallest absolute Gasteiger partial charge is 0.230 e. The summed E-state index contributed by atoms with van der Waals surface area (Å²) in [6, 6.07) is 5.38. The molecule has 0 aliphatic carbocycles. The van der Waals surface area contributed by atoms with Crippen LogP contribution in [0.2, 0.25) is 0 Å². The second-order valence-corrected chi connectivity index (χ2v) is 5.05. The first-order chi connectivity index (χ1) is 9.62. The molecule has 20 heavy (non-hydrogen) atoms. The summed E-state index contributed by atoms with van der Waals surface area (Å²) >= 11 is 1.41. The van der Waals surface area contributed by atoms with Crippen LogP contribution in [0.25, 0.3) is 0 Å². The molecule has 1 N–H and O–H groups in total. The van der Waals surface area contributed by atoms with Gasteiger partial charge in [-0.3, -0.25) is 4.79 Å². The molecular weight excluding hydrogens is 276 g/mol. The molecule has 6 heteroatoms. The monoisotopic (exact) mass is 292 g/mol. The lowest BCUT2D eigenvalue weighted by atomic mass is 10.1. The molecule has 0 spiro atoms. The number of carbonyl (C=O) groups excluding carboxylic acids is 1. The van der Waals surface area contributed by atoms with E-state index in [9.17, 15) is 4.79 Å². The maximum atomic E-state index is 12.0. The van der Waals surface area contributed by atoms with Gasteiger partial charge >= 0.3 is 0 Å². The van der Waals surface area contributed by atoms with Crippen LogP contribution >= 0.6 is 11.3 Å². The zero-order valence-electron chi connectivity index (χ0n) is 11.6. The maximum absolute atomic E-state index is 12.0. The summed E-state index contributed by atoms with van der Waals surface area (Å²) in [5.74, 6) is 1.22. The fraction of sp³-hybridized carbons (Fsp3) is 0.286. The SMILES string of the molecule is COc1ccc(OC)c(CC(=O)Nc2nc(C)cs2)c1. The van der Waals surface area contributed by atoms with E-state index >= 15 is 0 Å². The highest BCUT2D eigenvalue weighted by Crippen LogP contribution is 2.25. The van der Waals surface area contributed by atoms with Gasteiger partial charge in [-0.2, -0.15) is 0 Å². The van der Waals surface area contributed by atoms with Crippen molar-refractivity contribution >= 4 is 22.4 Å². The molecule has 0 bridgehead atoms. The van der Waals surface area contributed by atoms with Crippen LogP contribution in [0.3, 0.4) is 0 Å². The van der Waals surface area contributed by atoms with Crippen LogP contribution < -0.4 is 14.8 Å². The molecule has 0 saturated carbocycles. The molecule has 0 atom stereocenters. The maximum Gasteiger partial charge on any atom is 0.230 e. The Balaban J connectivity index is 2.10. The Bertz CT molecular complexity index is 610. The molecule has 1 aromatic carbocycles. The number of hydrogen-bond donors (Lipinski definition) is 1. The van der Waals surface area contributed by atoms with Gasteiger partial charge in [0.1, 0.15) is 11.5 Å². The Morgan fingerprint density at radius 1 is 1.35 bits per heavy atom. The molecule has 2 rings (SSSR count). The molecule has 0 aliphatic heterocycles. The molecule has 1 amide bonds. The number of nitrogens with zero attached hydrogens (tertiary/aromatic N) is 1. The lowest BCUT2D eigenvalue weighted by Gasteiger charge is -2.10. The van der Waals surface area contributed by atoms with E-state index < -0.39 is 0 Å². The molecule has 0 fully saturated rings. The topological polar surface area (TPSA) is 60.5 Å². The number of methoxy groups -OCH3 is 2. The van der Waals surface area contributed by atoms with Gasteiger partial charge in [0.05, 0.1) is 26.3 Å². The molecule has 2 aromatic rings. The number of amides is 1. The Kier molecular flexibility index (Phi) is 4.57. The van der Waals surface area contributed by atoms with E-state index in [2.05, 4.69) is 10.3 Å². The minimum Gasteiger partial charge on any atom is -0.497 e. The van der Waals surface area contributed by atoms with Crippen molar-refractivity contribution in [2.24, 2.45) is 0 Å². The van der Waals surface area contributed by atoms with Gasteiger partial charge in [0.15, 0.2) is 5.13 Å². The van der Waals surface area contributed by atoms with Crippen molar-refractivity contribution in [2.45, 2.75) is 13.3 Å². The molecule has 106 valence electrons. The number of rotatable bonds is 5. The average molecular weight is 292 g/mol. The van der Waals surface area contributed by atoms with Gasteiger partial charge in [-0.15, -0.1) is 11.3 Å². The van der Waals surface area contributed by atoms with Crippen molar-refractivity contribution in [3.8, 4) is 11.5 Å². The van der Waals surface area contributed by atoms with Crippen LogP contribution in [0.5, 0.6) is 11.5 Å². The van der Waals surface area contributed by atoms with Crippen molar-refractivity contribution in [1.82, 2.24) is 4.98 Å². The first-order valence-corrected chi connectivity index (χ1v) is 6.93. The van der Waals surface area contributed by atoms with Gasteiger partial charge in [-0.25, -0.2) is 4.98 Å². The van der Waals surface area contributed by atoms with E-state index in [0.29, 0.717) is 16.6 Å². The van der Waals surface area contributed by atoms with Gasteiger partial charge in [0.25, 0.3) is 0 Å². The molecule has 0 saturated heterocycles. The lowest BCUT2D eigenvalue weighted by molar-refractivity contribution is -0.115. The van der Waals surface area contributed by atoms with Crippen molar-refractivity contribution < 1.29 is 14.3 Å². The van der Waals surface area contributed by atoms with Crippen LogP contribution in [0.4, 0.5) is 5.13 Å². The second kappa shape index (κ2) is 6.38. The Morgan fingerprint density at radius 3 is 2.75 bits per heavy atom.